The maximum atomic E-state index is 4.21. The SMILES string of the molecule is CCCNCc1ccc(CN(C)Cc2cnn(C)c2)cc1. The van der Waals surface area contributed by atoms with Crippen molar-refractivity contribution in [1.82, 2.24) is 20.0 Å². The molecule has 1 aromatic heterocycles. The lowest BCUT2D eigenvalue weighted by Gasteiger charge is -2.16. The number of nitrogens with zero attached hydrogens (tertiary/aromatic N) is 3. The molecule has 0 unspecified atom stereocenters. The van der Waals surface area contributed by atoms with E-state index < -0.39 is 0 Å². The van der Waals surface area contributed by atoms with Gasteiger partial charge in [0.05, 0.1) is 6.20 Å². The van der Waals surface area contributed by atoms with E-state index >= 15 is 0 Å². The van der Waals surface area contributed by atoms with E-state index in [0.29, 0.717) is 0 Å². The molecule has 0 fully saturated rings. The molecule has 0 radical (unpaired) electrons. The fourth-order valence-electron chi connectivity index (χ4n) is 2.40. The molecule has 0 saturated carbocycles. The highest BCUT2D eigenvalue weighted by Gasteiger charge is 2.03. The van der Waals surface area contributed by atoms with E-state index in [1.807, 2.05) is 17.9 Å². The van der Waals surface area contributed by atoms with E-state index in [4.69, 9.17) is 0 Å². The summed E-state index contributed by atoms with van der Waals surface area (Å²) in [5.74, 6) is 0. The van der Waals surface area contributed by atoms with Gasteiger partial charge in [-0.1, -0.05) is 31.2 Å². The van der Waals surface area contributed by atoms with Crippen LogP contribution in [0.2, 0.25) is 0 Å². The summed E-state index contributed by atoms with van der Waals surface area (Å²) in [7, 11) is 4.10. The Kier molecular flexibility index (Phi) is 5.96. The van der Waals surface area contributed by atoms with Gasteiger partial charge < -0.3 is 5.32 Å². The predicted octanol–water partition coefficient (Wildman–Crippen LogP) is 2.55. The minimum atomic E-state index is 0.924. The summed E-state index contributed by atoms with van der Waals surface area (Å²) < 4.78 is 1.85. The fourth-order valence-corrected chi connectivity index (χ4v) is 2.40. The summed E-state index contributed by atoms with van der Waals surface area (Å²) in [6, 6.07) is 8.89. The molecule has 1 heterocycles. The van der Waals surface area contributed by atoms with Crippen LogP contribution >= 0.6 is 0 Å². The Morgan fingerprint density at radius 3 is 2.38 bits per heavy atom. The lowest BCUT2D eigenvalue weighted by molar-refractivity contribution is 0.319. The monoisotopic (exact) mass is 286 g/mol. The molecule has 0 aliphatic rings. The summed E-state index contributed by atoms with van der Waals surface area (Å²) >= 11 is 0. The molecular weight excluding hydrogens is 260 g/mol. The number of aromatic nitrogens is 2. The van der Waals surface area contributed by atoms with Crippen LogP contribution < -0.4 is 5.32 Å². The molecular formula is C17H26N4. The third kappa shape index (κ3) is 5.33. The Morgan fingerprint density at radius 1 is 1.10 bits per heavy atom. The van der Waals surface area contributed by atoms with E-state index in [9.17, 15) is 0 Å². The van der Waals surface area contributed by atoms with E-state index in [1.165, 1.54) is 23.1 Å². The molecule has 1 aromatic carbocycles. The molecule has 0 atom stereocenters. The van der Waals surface area contributed by atoms with Gasteiger partial charge in [0.15, 0.2) is 0 Å². The summed E-state index contributed by atoms with van der Waals surface area (Å²) in [6.45, 7) is 6.11. The van der Waals surface area contributed by atoms with E-state index in [2.05, 4.69) is 59.7 Å². The van der Waals surface area contributed by atoms with Crippen molar-refractivity contribution in [2.24, 2.45) is 7.05 Å². The van der Waals surface area contributed by atoms with Gasteiger partial charge in [-0.3, -0.25) is 9.58 Å². The number of nitrogens with one attached hydrogen (secondary N) is 1. The third-order valence-electron chi connectivity index (χ3n) is 3.44. The second-order valence-electron chi connectivity index (χ2n) is 5.69. The van der Waals surface area contributed by atoms with Gasteiger partial charge in [0.2, 0.25) is 0 Å². The van der Waals surface area contributed by atoms with Crippen molar-refractivity contribution in [3.8, 4) is 0 Å². The number of benzene rings is 1. The quantitative estimate of drug-likeness (QED) is 0.757. The molecule has 2 aromatic rings. The molecule has 4 heteroatoms. The Morgan fingerprint density at radius 2 is 1.76 bits per heavy atom. The van der Waals surface area contributed by atoms with Crippen LogP contribution in [0, 0.1) is 0 Å². The molecule has 4 nitrogen and oxygen atoms in total. The molecule has 0 amide bonds. The van der Waals surface area contributed by atoms with Gasteiger partial charge in [-0.15, -0.1) is 0 Å². The minimum absolute atomic E-state index is 0.924. The number of hydrogen-bond donors (Lipinski definition) is 1. The van der Waals surface area contributed by atoms with Crippen LogP contribution in [0.3, 0.4) is 0 Å². The smallest absolute Gasteiger partial charge is 0.0534 e. The highest BCUT2D eigenvalue weighted by Crippen LogP contribution is 2.09. The van der Waals surface area contributed by atoms with Crippen LogP contribution in [0.15, 0.2) is 36.7 Å². The van der Waals surface area contributed by atoms with Crippen molar-refractivity contribution in [2.45, 2.75) is 33.0 Å². The molecule has 0 saturated heterocycles. The van der Waals surface area contributed by atoms with Gasteiger partial charge in [0, 0.05) is 38.4 Å². The van der Waals surface area contributed by atoms with Crippen LogP contribution in [0.5, 0.6) is 0 Å². The van der Waals surface area contributed by atoms with Crippen LogP contribution in [-0.2, 0) is 26.7 Å². The van der Waals surface area contributed by atoms with Crippen molar-refractivity contribution in [3.63, 3.8) is 0 Å². The molecule has 114 valence electrons. The molecule has 0 spiro atoms. The molecule has 21 heavy (non-hydrogen) atoms. The first-order valence-corrected chi connectivity index (χ1v) is 7.62. The summed E-state index contributed by atoms with van der Waals surface area (Å²) in [5, 5.41) is 7.63. The summed E-state index contributed by atoms with van der Waals surface area (Å²) in [4.78, 5) is 2.31. The van der Waals surface area contributed by atoms with Crippen LogP contribution in [0.1, 0.15) is 30.0 Å². The summed E-state index contributed by atoms with van der Waals surface area (Å²) in [6.07, 6.45) is 5.18. The summed E-state index contributed by atoms with van der Waals surface area (Å²) in [5.41, 5.74) is 3.95. The van der Waals surface area contributed by atoms with Crippen LogP contribution in [-0.4, -0.2) is 28.3 Å². The van der Waals surface area contributed by atoms with E-state index in [1.54, 1.807) is 0 Å². The highest BCUT2D eigenvalue weighted by molar-refractivity contribution is 5.22. The lowest BCUT2D eigenvalue weighted by atomic mass is 10.1. The van der Waals surface area contributed by atoms with Crippen molar-refractivity contribution in [1.29, 1.82) is 0 Å². The molecule has 0 aliphatic carbocycles. The van der Waals surface area contributed by atoms with Gasteiger partial charge >= 0.3 is 0 Å². The van der Waals surface area contributed by atoms with E-state index in [0.717, 1.165) is 26.2 Å². The first-order valence-electron chi connectivity index (χ1n) is 7.62. The second-order valence-corrected chi connectivity index (χ2v) is 5.69. The van der Waals surface area contributed by atoms with Crippen LogP contribution in [0.4, 0.5) is 0 Å². The lowest BCUT2D eigenvalue weighted by Crippen LogP contribution is -2.17. The maximum absolute atomic E-state index is 4.21. The van der Waals surface area contributed by atoms with E-state index in [-0.39, 0.29) is 0 Å². The largest absolute Gasteiger partial charge is 0.313 e. The first-order chi connectivity index (χ1) is 10.2. The Balaban J connectivity index is 1.82. The van der Waals surface area contributed by atoms with Gasteiger partial charge in [-0.2, -0.15) is 5.10 Å². The topological polar surface area (TPSA) is 33.1 Å². The van der Waals surface area contributed by atoms with Crippen molar-refractivity contribution in [2.75, 3.05) is 13.6 Å². The number of rotatable bonds is 8. The van der Waals surface area contributed by atoms with Gasteiger partial charge in [-0.25, -0.2) is 0 Å². The number of aryl methyl sites for hydroxylation is 1. The predicted molar refractivity (Wildman–Crippen MR) is 86.8 cm³/mol. The average molecular weight is 286 g/mol. The zero-order valence-corrected chi connectivity index (χ0v) is 13.3. The van der Waals surface area contributed by atoms with Crippen molar-refractivity contribution < 1.29 is 0 Å². The highest BCUT2D eigenvalue weighted by atomic mass is 15.2. The molecule has 0 bridgehead atoms. The van der Waals surface area contributed by atoms with Gasteiger partial charge in [-0.05, 0) is 31.1 Å². The standard InChI is InChI=1S/C17H26N4/c1-4-9-18-10-15-5-7-16(8-6-15)12-20(2)13-17-11-19-21(3)14-17/h5-8,11,14,18H,4,9-10,12-13H2,1-3H3. The fraction of sp³-hybridized carbons (Fsp3) is 0.471. The van der Waals surface area contributed by atoms with Gasteiger partial charge in [0.25, 0.3) is 0 Å². The Bertz CT molecular complexity index is 530. The third-order valence-corrected chi connectivity index (χ3v) is 3.44. The Labute approximate surface area is 127 Å². The van der Waals surface area contributed by atoms with Crippen LogP contribution in [0.25, 0.3) is 0 Å². The number of hydrogen-bond acceptors (Lipinski definition) is 3. The second kappa shape index (κ2) is 7.96. The molecule has 2 rings (SSSR count). The Hall–Kier alpha value is -1.65. The first kappa shape index (κ1) is 15.7. The zero-order valence-electron chi connectivity index (χ0n) is 13.3. The van der Waals surface area contributed by atoms with Crippen molar-refractivity contribution >= 4 is 0 Å². The maximum Gasteiger partial charge on any atom is 0.0534 e. The normalized spacial score (nSPS) is 11.2. The zero-order chi connectivity index (χ0) is 15.1. The average Bonchev–Trinajstić information content (AvgIpc) is 2.86. The van der Waals surface area contributed by atoms with Gasteiger partial charge in [0.1, 0.15) is 0 Å². The van der Waals surface area contributed by atoms with Crippen molar-refractivity contribution in [3.05, 3.63) is 53.3 Å². The molecule has 1 N–H and O–H groups in total. The minimum Gasteiger partial charge on any atom is -0.313 e. The molecule has 0 aliphatic heterocycles.